The Balaban J connectivity index is 1.55. The molecule has 10 heteroatoms. The van der Waals surface area contributed by atoms with Crippen LogP contribution in [-0.4, -0.2) is 45.9 Å². The number of rotatable bonds is 12. The zero-order valence-electron chi connectivity index (χ0n) is 23.2. The lowest BCUT2D eigenvalue weighted by atomic mass is 10.0. The van der Waals surface area contributed by atoms with Crippen LogP contribution in [0, 0.1) is 5.92 Å². The van der Waals surface area contributed by atoms with Crippen LogP contribution in [-0.2, 0) is 14.4 Å². The first-order valence-electron chi connectivity index (χ1n) is 13.4. The standard InChI is InChI=1S/C32H31N3O7/c1-20(2)29(31(40)34-26(18-28(37)38)27(36)19-42-22-12-4-3-5-13-22)35-17-9-16-25(32(35)41)33-30(39)24-15-8-11-21-10-6-7-14-23(21)24/h3-17,20,26,29H,18-19H2,1-2H3,(H,33,39)(H,34,40)(H,37,38)/t26-,29?/m0/s1. The molecule has 3 aromatic carbocycles. The Morgan fingerprint density at radius 3 is 2.29 bits per heavy atom. The van der Waals surface area contributed by atoms with Gasteiger partial charge in [-0.1, -0.05) is 68.4 Å². The minimum absolute atomic E-state index is 0.0386. The molecule has 1 unspecified atom stereocenters. The molecular formula is C32H31N3O7. The minimum Gasteiger partial charge on any atom is -0.486 e. The predicted molar refractivity (Wildman–Crippen MR) is 158 cm³/mol. The number of amides is 2. The molecule has 0 saturated carbocycles. The summed E-state index contributed by atoms with van der Waals surface area (Å²) in [5, 5.41) is 16.1. The number of anilines is 1. The number of hydrogen-bond donors (Lipinski definition) is 3. The van der Waals surface area contributed by atoms with Crippen molar-refractivity contribution in [1.29, 1.82) is 0 Å². The summed E-state index contributed by atoms with van der Waals surface area (Å²) in [7, 11) is 0. The average Bonchev–Trinajstić information content (AvgIpc) is 2.97. The van der Waals surface area contributed by atoms with Gasteiger partial charge in [-0.2, -0.15) is 0 Å². The molecule has 1 aromatic heterocycles. The van der Waals surface area contributed by atoms with Gasteiger partial charge in [0.05, 0.1) is 6.42 Å². The van der Waals surface area contributed by atoms with Gasteiger partial charge in [-0.25, -0.2) is 0 Å². The molecule has 4 rings (SSSR count). The van der Waals surface area contributed by atoms with Crippen molar-refractivity contribution in [3.8, 4) is 5.75 Å². The number of nitrogens with one attached hydrogen (secondary N) is 2. The topological polar surface area (TPSA) is 144 Å². The molecule has 4 aromatic rings. The van der Waals surface area contributed by atoms with E-state index in [1.165, 1.54) is 22.9 Å². The van der Waals surface area contributed by atoms with Gasteiger partial charge >= 0.3 is 5.97 Å². The van der Waals surface area contributed by atoms with Crippen molar-refractivity contribution < 1.29 is 29.0 Å². The summed E-state index contributed by atoms with van der Waals surface area (Å²) in [5.41, 5.74) is -0.287. The van der Waals surface area contributed by atoms with E-state index in [0.717, 1.165) is 10.8 Å². The van der Waals surface area contributed by atoms with Crippen molar-refractivity contribution >= 4 is 40.0 Å². The lowest BCUT2D eigenvalue weighted by Gasteiger charge is -2.25. The third-order valence-corrected chi connectivity index (χ3v) is 6.66. The van der Waals surface area contributed by atoms with Crippen molar-refractivity contribution in [1.82, 2.24) is 9.88 Å². The molecule has 3 N–H and O–H groups in total. The third-order valence-electron chi connectivity index (χ3n) is 6.66. The maximum atomic E-state index is 13.5. The van der Waals surface area contributed by atoms with E-state index in [4.69, 9.17) is 4.74 Å². The molecule has 1 heterocycles. The third kappa shape index (κ3) is 7.08. The average molecular weight is 570 g/mol. The van der Waals surface area contributed by atoms with Crippen LogP contribution >= 0.6 is 0 Å². The van der Waals surface area contributed by atoms with Crippen molar-refractivity contribution in [2.75, 3.05) is 11.9 Å². The quantitative estimate of drug-likeness (QED) is 0.233. The van der Waals surface area contributed by atoms with Gasteiger partial charge in [-0.15, -0.1) is 0 Å². The van der Waals surface area contributed by atoms with Gasteiger partial charge in [-0.3, -0.25) is 24.0 Å². The van der Waals surface area contributed by atoms with E-state index in [1.807, 2.05) is 30.3 Å². The normalized spacial score (nSPS) is 12.4. The van der Waals surface area contributed by atoms with Gasteiger partial charge in [0.2, 0.25) is 5.91 Å². The Morgan fingerprint density at radius 1 is 0.881 bits per heavy atom. The molecule has 0 saturated heterocycles. The monoisotopic (exact) mass is 569 g/mol. The van der Waals surface area contributed by atoms with Gasteiger partial charge in [0, 0.05) is 11.8 Å². The number of fused-ring (bicyclic) bond motifs is 1. The van der Waals surface area contributed by atoms with E-state index in [2.05, 4.69) is 10.6 Å². The van der Waals surface area contributed by atoms with Crippen molar-refractivity contribution in [2.45, 2.75) is 32.4 Å². The number of aromatic nitrogens is 1. The van der Waals surface area contributed by atoms with Gasteiger partial charge in [-0.05, 0) is 47.0 Å². The number of carboxylic acid groups (broad SMARTS) is 1. The number of para-hydroxylation sites is 1. The van der Waals surface area contributed by atoms with Gasteiger partial charge in [0.1, 0.15) is 30.1 Å². The van der Waals surface area contributed by atoms with Crippen LogP contribution in [0.4, 0.5) is 5.69 Å². The SMILES string of the molecule is CC(C)C(C(=O)N[C@@H](CC(=O)O)C(=O)COc1ccccc1)n1cccc(NC(=O)c2cccc3ccccc23)c1=O. The maximum absolute atomic E-state index is 13.5. The zero-order chi connectivity index (χ0) is 30.2. The number of carbonyl (C=O) groups excluding carboxylic acids is 3. The van der Waals surface area contributed by atoms with Crippen LogP contribution in [0.3, 0.4) is 0 Å². The number of carboxylic acids is 1. The molecule has 2 amide bonds. The van der Waals surface area contributed by atoms with Crippen LogP contribution in [0.25, 0.3) is 10.8 Å². The van der Waals surface area contributed by atoms with Gasteiger partial charge in [0.25, 0.3) is 11.5 Å². The lowest BCUT2D eigenvalue weighted by Crippen LogP contribution is -2.49. The van der Waals surface area contributed by atoms with Crippen molar-refractivity contribution in [3.05, 3.63) is 107 Å². The molecule has 216 valence electrons. The summed E-state index contributed by atoms with van der Waals surface area (Å²) < 4.78 is 6.62. The van der Waals surface area contributed by atoms with E-state index in [-0.39, 0.29) is 5.69 Å². The number of nitrogens with zero attached hydrogens (tertiary/aromatic N) is 1. The Bertz CT molecular complexity index is 1660. The molecule has 42 heavy (non-hydrogen) atoms. The highest BCUT2D eigenvalue weighted by molar-refractivity contribution is 6.12. The fourth-order valence-corrected chi connectivity index (χ4v) is 4.64. The summed E-state index contributed by atoms with van der Waals surface area (Å²) in [5.74, 6) is -3.15. The van der Waals surface area contributed by atoms with E-state index < -0.39 is 60.2 Å². The first kappa shape index (κ1) is 29.7. The Labute approximate surface area is 241 Å². The second-order valence-electron chi connectivity index (χ2n) is 10.0. The number of ether oxygens (including phenoxy) is 1. The van der Waals surface area contributed by atoms with Gasteiger partial charge < -0.3 is 25.0 Å². The fraction of sp³-hybridized carbons (Fsp3) is 0.219. The second kappa shape index (κ2) is 13.4. The van der Waals surface area contributed by atoms with Crippen LogP contribution in [0.1, 0.15) is 36.7 Å². The molecule has 0 spiro atoms. The summed E-state index contributed by atoms with van der Waals surface area (Å²) >= 11 is 0. The molecule has 0 aliphatic heterocycles. The molecular weight excluding hydrogens is 538 g/mol. The zero-order valence-corrected chi connectivity index (χ0v) is 23.2. The number of aliphatic carboxylic acids is 1. The smallest absolute Gasteiger partial charge is 0.305 e. The first-order valence-corrected chi connectivity index (χ1v) is 13.4. The maximum Gasteiger partial charge on any atom is 0.305 e. The van der Waals surface area contributed by atoms with Crippen molar-refractivity contribution in [2.24, 2.45) is 5.92 Å². The summed E-state index contributed by atoms with van der Waals surface area (Å²) in [6, 6.07) is 21.6. The number of hydrogen-bond acceptors (Lipinski definition) is 6. The molecule has 2 atom stereocenters. The van der Waals surface area contributed by atoms with Crippen molar-refractivity contribution in [3.63, 3.8) is 0 Å². The van der Waals surface area contributed by atoms with Crippen LogP contribution < -0.4 is 20.9 Å². The largest absolute Gasteiger partial charge is 0.486 e. The number of Topliss-reactive ketones (excluding diaryl/α,β-unsaturated/α-hetero) is 1. The molecule has 0 aliphatic rings. The highest BCUT2D eigenvalue weighted by Gasteiger charge is 2.31. The molecule has 0 radical (unpaired) electrons. The Kier molecular flexibility index (Phi) is 9.49. The van der Waals surface area contributed by atoms with E-state index >= 15 is 0 Å². The first-order chi connectivity index (χ1) is 20.2. The fourth-order valence-electron chi connectivity index (χ4n) is 4.64. The molecule has 10 nitrogen and oxygen atoms in total. The summed E-state index contributed by atoms with van der Waals surface area (Å²) in [4.78, 5) is 64.5. The van der Waals surface area contributed by atoms with E-state index in [0.29, 0.717) is 11.3 Å². The second-order valence-corrected chi connectivity index (χ2v) is 10.0. The number of carbonyl (C=O) groups is 4. The number of pyridine rings is 1. The van der Waals surface area contributed by atoms with Crippen LogP contribution in [0.2, 0.25) is 0 Å². The van der Waals surface area contributed by atoms with Crippen LogP contribution in [0.15, 0.2) is 95.9 Å². The Morgan fingerprint density at radius 2 is 1.57 bits per heavy atom. The predicted octanol–water partition coefficient (Wildman–Crippen LogP) is 4.06. The Hall–Kier alpha value is -5.25. The summed E-state index contributed by atoms with van der Waals surface area (Å²) in [6.45, 7) is 2.97. The molecule has 0 aliphatic carbocycles. The molecule has 0 fully saturated rings. The van der Waals surface area contributed by atoms with E-state index in [9.17, 15) is 29.1 Å². The highest BCUT2D eigenvalue weighted by atomic mass is 16.5. The summed E-state index contributed by atoms with van der Waals surface area (Å²) in [6.07, 6.45) is 0.746. The van der Waals surface area contributed by atoms with Gasteiger partial charge in [0.15, 0.2) is 5.78 Å². The van der Waals surface area contributed by atoms with E-state index in [1.54, 1.807) is 56.3 Å². The number of ketones is 1. The molecule has 0 bridgehead atoms. The minimum atomic E-state index is -1.38. The highest BCUT2D eigenvalue weighted by Crippen LogP contribution is 2.21. The van der Waals surface area contributed by atoms with Crippen LogP contribution in [0.5, 0.6) is 5.75 Å². The number of benzene rings is 3. The lowest BCUT2D eigenvalue weighted by molar-refractivity contribution is -0.141.